The number of hydrogen-bond donors (Lipinski definition) is 0. The number of alkyl halides is 1. The van der Waals surface area contributed by atoms with E-state index in [1.165, 1.54) is 0 Å². The fourth-order valence-electron chi connectivity index (χ4n) is 0. The van der Waals surface area contributed by atoms with E-state index in [-0.39, 0.29) is 4.83 Å². The van der Waals surface area contributed by atoms with Crippen molar-refractivity contribution in [3.63, 3.8) is 0 Å². The van der Waals surface area contributed by atoms with Crippen molar-refractivity contribution in [2.24, 2.45) is 0 Å². The molecule has 1 atom stereocenters. The molecule has 0 aliphatic carbocycles. The van der Waals surface area contributed by atoms with Gasteiger partial charge >= 0.3 is 0 Å². The van der Waals surface area contributed by atoms with E-state index in [2.05, 4.69) is 15.9 Å². The zero-order chi connectivity index (χ0) is 4.28. The molecule has 0 aromatic heterocycles. The van der Waals surface area contributed by atoms with Gasteiger partial charge in [-0.15, -0.1) is 0 Å². The van der Waals surface area contributed by atoms with E-state index in [9.17, 15) is 0 Å². The van der Waals surface area contributed by atoms with Gasteiger partial charge in [0.15, 0.2) is 0 Å². The fraction of sp³-hybridized carbons (Fsp3) is 0.667. The number of hydrogen-bond acceptors (Lipinski definition) is 1. The van der Waals surface area contributed by atoms with Crippen LogP contribution >= 0.6 is 15.9 Å². The summed E-state index contributed by atoms with van der Waals surface area (Å²) in [7, 11) is 0. The van der Waals surface area contributed by atoms with Gasteiger partial charge in [0, 0.05) is 0 Å². The zero-order valence-electron chi connectivity index (χ0n) is 2.90. The maximum atomic E-state index is 7.85. The maximum Gasteiger partial charge on any atom is 0.0986 e. The first-order valence-corrected chi connectivity index (χ1v) is 2.22. The van der Waals surface area contributed by atoms with Crippen LogP contribution in [0, 0.1) is 11.3 Å². The molecule has 0 bridgehead atoms. The number of nitrogens with zero attached hydrogens (tertiary/aromatic N) is 1. The van der Waals surface area contributed by atoms with Crippen molar-refractivity contribution in [1.29, 1.82) is 5.26 Å². The van der Waals surface area contributed by atoms with E-state index in [4.69, 9.17) is 5.26 Å². The minimum Gasteiger partial charge on any atom is -0.197 e. The molecular formula is C3H4BrN. The molecule has 0 amide bonds. The van der Waals surface area contributed by atoms with Gasteiger partial charge in [-0.1, -0.05) is 15.9 Å². The van der Waals surface area contributed by atoms with Crippen LogP contribution in [0.25, 0.3) is 0 Å². The second-order valence-corrected chi connectivity index (χ2v) is 2.12. The summed E-state index contributed by atoms with van der Waals surface area (Å²) < 4.78 is 0. The Morgan fingerprint density at radius 3 is 2.20 bits per heavy atom. The summed E-state index contributed by atoms with van der Waals surface area (Å²) >= 11 is 3.01. The number of halogens is 1. The van der Waals surface area contributed by atoms with Gasteiger partial charge in [-0.25, -0.2) is 0 Å². The molecule has 0 N–H and O–H groups in total. The predicted octanol–water partition coefficient (Wildman–Crippen LogP) is 1.29. The molecule has 5 heavy (non-hydrogen) atoms. The lowest BCUT2D eigenvalue weighted by Crippen LogP contribution is -1.75. The summed E-state index contributed by atoms with van der Waals surface area (Å²) in [6.45, 7) is 1.78. The summed E-state index contributed by atoms with van der Waals surface area (Å²) in [5.74, 6) is 0. The Balaban J connectivity index is 2.94. The van der Waals surface area contributed by atoms with Crippen LogP contribution in [0.15, 0.2) is 0 Å². The lowest BCUT2D eigenvalue weighted by molar-refractivity contribution is 1.27. The molecule has 0 radical (unpaired) electrons. The SMILES string of the molecule is C[C@@H](Br)C#N. The largest absolute Gasteiger partial charge is 0.197 e. The van der Waals surface area contributed by atoms with Gasteiger partial charge in [0.1, 0.15) is 0 Å². The van der Waals surface area contributed by atoms with Gasteiger partial charge in [0.05, 0.1) is 10.9 Å². The molecule has 0 spiro atoms. The van der Waals surface area contributed by atoms with Crippen molar-refractivity contribution in [2.75, 3.05) is 0 Å². The zero-order valence-corrected chi connectivity index (χ0v) is 4.49. The topological polar surface area (TPSA) is 23.8 Å². The molecule has 0 saturated carbocycles. The number of nitriles is 1. The van der Waals surface area contributed by atoms with E-state index in [1.807, 2.05) is 6.07 Å². The van der Waals surface area contributed by atoms with Crippen molar-refractivity contribution >= 4 is 15.9 Å². The van der Waals surface area contributed by atoms with Crippen molar-refractivity contribution in [2.45, 2.75) is 11.8 Å². The summed E-state index contributed by atoms with van der Waals surface area (Å²) in [6.07, 6.45) is 0. The van der Waals surface area contributed by atoms with E-state index >= 15 is 0 Å². The second-order valence-electron chi connectivity index (χ2n) is 0.745. The van der Waals surface area contributed by atoms with Crippen LogP contribution < -0.4 is 0 Å². The van der Waals surface area contributed by atoms with E-state index in [0.29, 0.717) is 0 Å². The van der Waals surface area contributed by atoms with Crippen LogP contribution in [-0.2, 0) is 0 Å². The fourth-order valence-corrected chi connectivity index (χ4v) is 0. The lowest BCUT2D eigenvalue weighted by atomic mass is 10.6. The van der Waals surface area contributed by atoms with E-state index in [0.717, 1.165) is 0 Å². The molecular weight excluding hydrogens is 130 g/mol. The van der Waals surface area contributed by atoms with Crippen LogP contribution in [0.2, 0.25) is 0 Å². The average Bonchev–Trinajstić information content (AvgIpc) is 1.38. The molecule has 0 saturated heterocycles. The Labute approximate surface area is 39.7 Å². The normalized spacial score (nSPS) is 13.0. The van der Waals surface area contributed by atoms with Crippen LogP contribution in [0.3, 0.4) is 0 Å². The van der Waals surface area contributed by atoms with Gasteiger partial charge in [-0.3, -0.25) is 0 Å². The van der Waals surface area contributed by atoms with E-state index < -0.39 is 0 Å². The Kier molecular flexibility index (Phi) is 2.21. The van der Waals surface area contributed by atoms with Crippen LogP contribution in [0.4, 0.5) is 0 Å². The van der Waals surface area contributed by atoms with Gasteiger partial charge in [0.25, 0.3) is 0 Å². The monoisotopic (exact) mass is 133 g/mol. The molecule has 0 unspecified atom stereocenters. The lowest BCUT2D eigenvalue weighted by Gasteiger charge is -1.73. The third-order valence-corrected chi connectivity index (χ3v) is 0.383. The van der Waals surface area contributed by atoms with Gasteiger partial charge in [0.2, 0.25) is 0 Å². The Morgan fingerprint density at radius 2 is 2.20 bits per heavy atom. The molecule has 0 heterocycles. The molecule has 1 nitrogen and oxygen atoms in total. The first-order chi connectivity index (χ1) is 2.27. The molecule has 0 aromatic rings. The smallest absolute Gasteiger partial charge is 0.0986 e. The van der Waals surface area contributed by atoms with Crippen molar-refractivity contribution in [1.82, 2.24) is 0 Å². The highest BCUT2D eigenvalue weighted by atomic mass is 79.9. The third kappa shape index (κ3) is 3.97. The minimum absolute atomic E-state index is 0.00231. The molecule has 0 fully saturated rings. The van der Waals surface area contributed by atoms with Crippen molar-refractivity contribution < 1.29 is 0 Å². The summed E-state index contributed by atoms with van der Waals surface area (Å²) in [5.41, 5.74) is 0. The summed E-state index contributed by atoms with van der Waals surface area (Å²) in [6, 6.07) is 1.94. The van der Waals surface area contributed by atoms with Gasteiger partial charge in [-0.05, 0) is 6.92 Å². The van der Waals surface area contributed by atoms with Crippen LogP contribution in [0.1, 0.15) is 6.92 Å². The molecule has 0 aromatic carbocycles. The van der Waals surface area contributed by atoms with E-state index in [1.54, 1.807) is 6.92 Å². The first-order valence-electron chi connectivity index (χ1n) is 1.31. The minimum atomic E-state index is 0.00231. The summed E-state index contributed by atoms with van der Waals surface area (Å²) in [4.78, 5) is 0.00231. The Bertz CT molecular complexity index is 52.4. The molecule has 28 valence electrons. The second kappa shape index (κ2) is 2.22. The number of rotatable bonds is 0. The average molecular weight is 134 g/mol. The standard InChI is InChI=1S/C3H4BrN/c1-3(4)2-5/h3H,1H3/t3-/m1/s1. The van der Waals surface area contributed by atoms with Crippen molar-refractivity contribution in [3.8, 4) is 6.07 Å². The first kappa shape index (κ1) is 4.97. The maximum absolute atomic E-state index is 7.85. The summed E-state index contributed by atoms with van der Waals surface area (Å²) in [5, 5.41) is 7.85. The van der Waals surface area contributed by atoms with Crippen LogP contribution in [0.5, 0.6) is 0 Å². The Morgan fingerprint density at radius 1 is 2.00 bits per heavy atom. The van der Waals surface area contributed by atoms with Gasteiger partial charge in [-0.2, -0.15) is 5.26 Å². The highest BCUT2D eigenvalue weighted by Crippen LogP contribution is 1.90. The highest BCUT2D eigenvalue weighted by molar-refractivity contribution is 9.09. The van der Waals surface area contributed by atoms with Gasteiger partial charge < -0.3 is 0 Å². The molecule has 0 aliphatic heterocycles. The quantitative estimate of drug-likeness (QED) is 0.458. The Hall–Kier alpha value is -0.0300. The molecule has 2 heteroatoms. The molecule has 0 aliphatic rings. The predicted molar refractivity (Wildman–Crippen MR) is 24.0 cm³/mol. The van der Waals surface area contributed by atoms with Crippen LogP contribution in [-0.4, -0.2) is 4.83 Å². The highest BCUT2D eigenvalue weighted by Gasteiger charge is 1.81. The third-order valence-electron chi connectivity index (χ3n) is 0.178. The van der Waals surface area contributed by atoms with Crippen molar-refractivity contribution in [3.05, 3.63) is 0 Å². The molecule has 0 rings (SSSR count).